The van der Waals surface area contributed by atoms with Crippen molar-refractivity contribution >= 4 is 33.5 Å². The zero-order chi connectivity index (χ0) is 21.1. The van der Waals surface area contributed by atoms with Crippen LogP contribution in [0.15, 0.2) is 24.3 Å². The largest absolute Gasteiger partial charge is 0.481 e. The van der Waals surface area contributed by atoms with Crippen molar-refractivity contribution in [2.75, 3.05) is 12.8 Å². The van der Waals surface area contributed by atoms with E-state index in [1.807, 2.05) is 26.0 Å². The summed E-state index contributed by atoms with van der Waals surface area (Å²) >= 11 is 6.00. The van der Waals surface area contributed by atoms with E-state index in [1.165, 1.54) is 0 Å². The lowest BCUT2D eigenvalue weighted by atomic mass is 9.78. The van der Waals surface area contributed by atoms with Gasteiger partial charge in [0.25, 0.3) is 0 Å². The molecule has 1 aromatic carbocycles. The molecular weight excluding hydrogens is 404 g/mol. The first-order valence-electron chi connectivity index (χ1n) is 9.27. The number of nitrogens with one attached hydrogen (secondary N) is 1. The van der Waals surface area contributed by atoms with Gasteiger partial charge in [-0.15, -0.1) is 0 Å². The van der Waals surface area contributed by atoms with Crippen LogP contribution < -0.4 is 4.72 Å². The lowest BCUT2D eigenvalue weighted by Crippen LogP contribution is -2.55. The van der Waals surface area contributed by atoms with Gasteiger partial charge in [0, 0.05) is 23.5 Å². The topological polar surface area (TPSA) is 104 Å². The summed E-state index contributed by atoms with van der Waals surface area (Å²) in [5.74, 6) is -1.88. The molecular formula is C19H27ClN2O5S. The highest BCUT2D eigenvalue weighted by Crippen LogP contribution is 2.41. The molecule has 1 saturated heterocycles. The van der Waals surface area contributed by atoms with Crippen LogP contribution in [0, 0.1) is 11.8 Å². The molecule has 0 aromatic heterocycles. The first-order chi connectivity index (χ1) is 13.0. The molecule has 0 spiro atoms. The highest BCUT2D eigenvalue weighted by molar-refractivity contribution is 7.88. The van der Waals surface area contributed by atoms with E-state index in [-0.39, 0.29) is 36.9 Å². The van der Waals surface area contributed by atoms with E-state index in [1.54, 1.807) is 17.0 Å². The first-order valence-corrected chi connectivity index (χ1v) is 11.5. The summed E-state index contributed by atoms with van der Waals surface area (Å²) in [7, 11) is -3.42. The van der Waals surface area contributed by atoms with Crippen molar-refractivity contribution in [3.05, 3.63) is 34.9 Å². The maximum absolute atomic E-state index is 13.2. The number of carbonyl (C=O) groups excluding carboxylic acids is 1. The normalized spacial score (nSPS) is 24.2. The summed E-state index contributed by atoms with van der Waals surface area (Å²) in [5.41, 5.74) is 0.900. The van der Waals surface area contributed by atoms with Crippen molar-refractivity contribution in [3.8, 4) is 0 Å². The van der Waals surface area contributed by atoms with E-state index in [0.29, 0.717) is 17.9 Å². The van der Waals surface area contributed by atoms with Crippen molar-refractivity contribution in [2.24, 2.45) is 11.8 Å². The Labute approximate surface area is 171 Å². The summed E-state index contributed by atoms with van der Waals surface area (Å²) in [4.78, 5) is 26.2. The summed E-state index contributed by atoms with van der Waals surface area (Å²) in [6.45, 7) is 3.95. The minimum Gasteiger partial charge on any atom is -0.481 e. The average molecular weight is 431 g/mol. The van der Waals surface area contributed by atoms with Crippen LogP contribution in [-0.2, 0) is 19.6 Å². The smallest absolute Gasteiger partial charge is 0.304 e. The van der Waals surface area contributed by atoms with Crippen molar-refractivity contribution in [1.82, 2.24) is 9.62 Å². The standard InChI is InChI=1S/C19H27ClN2O5S/c1-4-16(11-21-28(3,26)27)22-18(13-5-7-15(20)8-6-13)12(2)9-14(19(22)25)10-17(23)24/h5-8,12,14,16,18,21H,4,9-11H2,1-3H3,(H,23,24)/t12-,14+,16-,18-/m0/s1. The highest BCUT2D eigenvalue weighted by Gasteiger charge is 2.43. The Bertz CT molecular complexity index is 812. The molecule has 28 heavy (non-hydrogen) atoms. The third-order valence-electron chi connectivity index (χ3n) is 5.18. The Hall–Kier alpha value is -1.64. The summed E-state index contributed by atoms with van der Waals surface area (Å²) < 4.78 is 25.6. The summed E-state index contributed by atoms with van der Waals surface area (Å²) in [5, 5.41) is 9.78. The number of carbonyl (C=O) groups is 2. The number of carboxylic acids is 1. The van der Waals surface area contributed by atoms with E-state index in [9.17, 15) is 23.1 Å². The van der Waals surface area contributed by atoms with Crippen LogP contribution in [0.25, 0.3) is 0 Å². The average Bonchev–Trinajstić information content (AvgIpc) is 2.59. The number of halogens is 1. The number of hydrogen-bond acceptors (Lipinski definition) is 4. The van der Waals surface area contributed by atoms with E-state index >= 15 is 0 Å². The molecule has 2 rings (SSSR count). The fourth-order valence-corrected chi connectivity index (χ4v) is 4.55. The second-order valence-corrected chi connectivity index (χ2v) is 9.70. The number of rotatable bonds is 8. The van der Waals surface area contributed by atoms with E-state index < -0.39 is 21.9 Å². The third kappa shape index (κ3) is 5.68. The van der Waals surface area contributed by atoms with E-state index in [2.05, 4.69) is 4.72 Å². The van der Waals surface area contributed by atoms with E-state index in [4.69, 9.17) is 11.6 Å². The molecule has 9 heteroatoms. The predicted octanol–water partition coefficient (Wildman–Crippen LogP) is 2.67. The van der Waals surface area contributed by atoms with Gasteiger partial charge in [-0.1, -0.05) is 37.6 Å². The maximum atomic E-state index is 13.2. The molecule has 7 nitrogen and oxygen atoms in total. The Morgan fingerprint density at radius 3 is 2.46 bits per heavy atom. The Balaban J connectivity index is 2.43. The van der Waals surface area contributed by atoms with Gasteiger partial charge in [0.1, 0.15) is 0 Å². The van der Waals surface area contributed by atoms with Crippen LogP contribution in [0.5, 0.6) is 0 Å². The second-order valence-electron chi connectivity index (χ2n) is 7.43. The molecule has 0 saturated carbocycles. The molecule has 0 radical (unpaired) electrons. The van der Waals surface area contributed by atoms with Gasteiger partial charge < -0.3 is 10.0 Å². The molecule has 1 aliphatic rings. The fourth-order valence-electron chi connectivity index (χ4n) is 3.93. The van der Waals surface area contributed by atoms with Crippen LogP contribution in [0.4, 0.5) is 0 Å². The summed E-state index contributed by atoms with van der Waals surface area (Å²) in [6, 6.07) is 6.56. The minimum atomic E-state index is -3.42. The molecule has 0 aliphatic carbocycles. The van der Waals surface area contributed by atoms with Crippen LogP contribution in [0.1, 0.15) is 44.7 Å². The zero-order valence-electron chi connectivity index (χ0n) is 16.3. The third-order valence-corrected chi connectivity index (χ3v) is 6.12. The molecule has 0 unspecified atom stereocenters. The number of nitrogens with zero attached hydrogens (tertiary/aromatic N) is 1. The molecule has 1 amide bonds. The molecule has 0 bridgehead atoms. The second kappa shape index (κ2) is 9.24. The van der Waals surface area contributed by atoms with Crippen LogP contribution in [-0.4, -0.2) is 49.1 Å². The molecule has 1 fully saturated rings. The van der Waals surface area contributed by atoms with Crippen molar-refractivity contribution in [2.45, 2.75) is 45.2 Å². The van der Waals surface area contributed by atoms with E-state index in [0.717, 1.165) is 11.8 Å². The van der Waals surface area contributed by atoms with Gasteiger partial charge in [-0.3, -0.25) is 9.59 Å². The van der Waals surface area contributed by atoms with Crippen LogP contribution >= 0.6 is 11.6 Å². The number of aliphatic carboxylic acids is 1. The maximum Gasteiger partial charge on any atom is 0.304 e. The molecule has 4 atom stereocenters. The van der Waals surface area contributed by atoms with Crippen molar-refractivity contribution in [1.29, 1.82) is 0 Å². The Morgan fingerprint density at radius 2 is 1.96 bits per heavy atom. The number of amides is 1. The van der Waals surface area contributed by atoms with Gasteiger partial charge >= 0.3 is 5.97 Å². The van der Waals surface area contributed by atoms with Gasteiger partial charge in [-0.25, -0.2) is 13.1 Å². The van der Waals surface area contributed by atoms with Gasteiger partial charge in [0.2, 0.25) is 15.9 Å². The first kappa shape index (κ1) is 22.6. The van der Waals surface area contributed by atoms with Gasteiger partial charge in [-0.2, -0.15) is 0 Å². The molecule has 2 N–H and O–H groups in total. The molecule has 1 aliphatic heterocycles. The number of benzene rings is 1. The number of sulfonamides is 1. The zero-order valence-corrected chi connectivity index (χ0v) is 17.8. The number of carboxylic acid groups (broad SMARTS) is 1. The molecule has 1 aromatic rings. The monoisotopic (exact) mass is 430 g/mol. The highest BCUT2D eigenvalue weighted by atomic mass is 35.5. The molecule has 1 heterocycles. The SMILES string of the molecule is CC[C@@H](CNS(C)(=O)=O)N1C(=O)[C@@H](CC(=O)O)C[C@H](C)[C@H]1c1ccc(Cl)cc1. The lowest BCUT2D eigenvalue weighted by molar-refractivity contribution is -0.153. The predicted molar refractivity (Wildman–Crippen MR) is 107 cm³/mol. The Kier molecular flexibility index (Phi) is 7.47. The fraction of sp³-hybridized carbons (Fsp3) is 0.579. The Morgan fingerprint density at radius 1 is 1.36 bits per heavy atom. The summed E-state index contributed by atoms with van der Waals surface area (Å²) in [6.07, 6.45) is 1.84. The van der Waals surface area contributed by atoms with Gasteiger partial charge in [0.05, 0.1) is 18.7 Å². The number of likely N-dealkylation sites (tertiary alicyclic amines) is 1. The number of hydrogen-bond donors (Lipinski definition) is 2. The van der Waals surface area contributed by atoms with Crippen molar-refractivity contribution in [3.63, 3.8) is 0 Å². The molecule has 156 valence electrons. The van der Waals surface area contributed by atoms with Gasteiger partial charge in [-0.05, 0) is 36.5 Å². The van der Waals surface area contributed by atoms with Crippen LogP contribution in [0.2, 0.25) is 5.02 Å². The minimum absolute atomic E-state index is 0.00973. The lowest BCUT2D eigenvalue weighted by Gasteiger charge is -2.47. The quantitative estimate of drug-likeness (QED) is 0.659. The van der Waals surface area contributed by atoms with Crippen LogP contribution in [0.3, 0.4) is 0 Å². The van der Waals surface area contributed by atoms with Gasteiger partial charge in [0.15, 0.2) is 0 Å². The number of piperidine rings is 1. The van der Waals surface area contributed by atoms with Crippen molar-refractivity contribution < 1.29 is 23.1 Å².